The zero-order chi connectivity index (χ0) is 17.3. The van der Waals surface area contributed by atoms with Crippen molar-refractivity contribution in [1.29, 1.82) is 0 Å². The second kappa shape index (κ2) is 6.72. The largest absolute Gasteiger partial charge is 0.493 e. The average Bonchev–Trinajstić information content (AvgIpc) is 3.09. The van der Waals surface area contributed by atoms with Crippen molar-refractivity contribution in [2.24, 2.45) is 0 Å². The number of fused-ring (bicyclic) bond motifs is 1. The van der Waals surface area contributed by atoms with Gasteiger partial charge in [0.1, 0.15) is 6.61 Å². The minimum absolute atomic E-state index is 0.0398. The Hall–Kier alpha value is -1.99. The molecule has 0 saturated carbocycles. The molecule has 0 bridgehead atoms. The molecule has 4 rings (SSSR count). The molecule has 1 N–H and O–H groups in total. The Kier molecular flexibility index (Phi) is 4.43. The van der Waals surface area contributed by atoms with Crippen LogP contribution in [0.1, 0.15) is 18.4 Å². The number of rotatable bonds is 2. The maximum Gasteiger partial charge on any atom is 0.317 e. The number of nitrogens with zero attached hydrogens (tertiary/aromatic N) is 1. The molecule has 2 saturated heterocycles. The van der Waals surface area contributed by atoms with Crippen molar-refractivity contribution in [1.82, 2.24) is 10.2 Å². The van der Waals surface area contributed by atoms with Crippen LogP contribution in [0, 0.1) is 0 Å². The molecule has 1 aromatic carbocycles. The normalized spacial score (nSPS) is 24.5. The van der Waals surface area contributed by atoms with Gasteiger partial charge in [0.05, 0.1) is 26.4 Å². The molecule has 0 radical (unpaired) electrons. The van der Waals surface area contributed by atoms with E-state index in [1.165, 1.54) is 0 Å². The molecule has 1 aromatic rings. The number of para-hydroxylation sites is 1. The summed E-state index contributed by atoms with van der Waals surface area (Å²) in [6.07, 6.45) is 2.19. The molecule has 1 spiro atoms. The quantitative estimate of drug-likeness (QED) is 0.878. The van der Waals surface area contributed by atoms with E-state index in [2.05, 4.69) is 5.32 Å². The minimum Gasteiger partial charge on any atom is -0.493 e. The lowest BCUT2D eigenvalue weighted by Crippen LogP contribution is -2.53. The van der Waals surface area contributed by atoms with Crippen molar-refractivity contribution in [3.8, 4) is 11.5 Å². The lowest BCUT2D eigenvalue weighted by Gasteiger charge is -2.38. The van der Waals surface area contributed by atoms with E-state index >= 15 is 0 Å². The number of hydrogen-bond acceptors (Lipinski definition) is 5. The highest BCUT2D eigenvalue weighted by Crippen LogP contribution is 2.35. The third-order valence-corrected chi connectivity index (χ3v) is 5.13. The monoisotopic (exact) mass is 348 g/mol. The predicted molar refractivity (Wildman–Crippen MR) is 90.0 cm³/mol. The summed E-state index contributed by atoms with van der Waals surface area (Å²) in [4.78, 5) is 14.4. The van der Waals surface area contributed by atoms with Gasteiger partial charge in [0.25, 0.3) is 0 Å². The number of carbonyl (C=O) groups excluding carboxylic acids is 1. The molecule has 0 aliphatic carbocycles. The van der Waals surface area contributed by atoms with E-state index in [1.54, 1.807) is 7.11 Å². The number of urea groups is 1. The molecule has 136 valence electrons. The Labute approximate surface area is 147 Å². The standard InChI is InChI=1S/C18H24N2O5/c1-22-15-4-2-3-13-11-14(12-23-16(13)15)19-17(21)20-7-5-18(6-8-20)24-9-10-25-18/h2-4,14H,5-12H2,1H3,(H,19,21)/t14-/m0/s1. The van der Waals surface area contributed by atoms with Crippen molar-refractivity contribution >= 4 is 6.03 Å². The molecular weight excluding hydrogens is 324 g/mol. The van der Waals surface area contributed by atoms with Crippen LogP contribution >= 0.6 is 0 Å². The Morgan fingerprint density at radius 1 is 1.28 bits per heavy atom. The molecule has 0 unspecified atom stereocenters. The molecule has 3 aliphatic heterocycles. The van der Waals surface area contributed by atoms with Crippen molar-refractivity contribution in [3.05, 3.63) is 23.8 Å². The molecule has 2 fully saturated rings. The fraction of sp³-hybridized carbons (Fsp3) is 0.611. The molecule has 2 amide bonds. The number of methoxy groups -OCH3 is 1. The van der Waals surface area contributed by atoms with Gasteiger partial charge in [0.2, 0.25) is 0 Å². The number of ether oxygens (including phenoxy) is 4. The molecule has 3 heterocycles. The van der Waals surface area contributed by atoms with Crippen LogP contribution < -0.4 is 14.8 Å². The second-order valence-corrected chi connectivity index (χ2v) is 6.70. The molecule has 7 heteroatoms. The van der Waals surface area contributed by atoms with Crippen molar-refractivity contribution in [3.63, 3.8) is 0 Å². The van der Waals surface area contributed by atoms with Gasteiger partial charge in [0.15, 0.2) is 17.3 Å². The summed E-state index contributed by atoms with van der Waals surface area (Å²) < 4.78 is 22.6. The zero-order valence-electron chi connectivity index (χ0n) is 14.5. The summed E-state index contributed by atoms with van der Waals surface area (Å²) in [5, 5.41) is 3.09. The summed E-state index contributed by atoms with van der Waals surface area (Å²) in [6, 6.07) is 5.75. The molecule has 3 aliphatic rings. The highest BCUT2D eigenvalue weighted by molar-refractivity contribution is 5.74. The second-order valence-electron chi connectivity index (χ2n) is 6.70. The first-order valence-electron chi connectivity index (χ1n) is 8.81. The Morgan fingerprint density at radius 2 is 2.04 bits per heavy atom. The van der Waals surface area contributed by atoms with Crippen molar-refractivity contribution in [2.75, 3.05) is 40.0 Å². The van der Waals surface area contributed by atoms with Gasteiger partial charge < -0.3 is 29.2 Å². The van der Waals surface area contributed by atoms with Crippen LogP contribution in [0.15, 0.2) is 18.2 Å². The fourth-order valence-corrected chi connectivity index (χ4v) is 3.75. The van der Waals surface area contributed by atoms with Crippen LogP contribution in [0.25, 0.3) is 0 Å². The van der Waals surface area contributed by atoms with Crippen LogP contribution in [-0.4, -0.2) is 62.8 Å². The first kappa shape index (κ1) is 16.5. The molecule has 25 heavy (non-hydrogen) atoms. The van der Waals surface area contributed by atoms with Gasteiger partial charge in [-0.1, -0.05) is 12.1 Å². The third-order valence-electron chi connectivity index (χ3n) is 5.13. The predicted octanol–water partition coefficient (Wildman–Crippen LogP) is 1.55. The average molecular weight is 348 g/mol. The number of amides is 2. The van der Waals surface area contributed by atoms with Gasteiger partial charge in [-0.25, -0.2) is 4.79 Å². The highest BCUT2D eigenvalue weighted by Gasteiger charge is 2.41. The topological polar surface area (TPSA) is 69.3 Å². The maximum absolute atomic E-state index is 12.6. The van der Waals surface area contributed by atoms with Crippen molar-refractivity contribution in [2.45, 2.75) is 31.1 Å². The zero-order valence-corrected chi connectivity index (χ0v) is 14.5. The smallest absolute Gasteiger partial charge is 0.317 e. The van der Waals surface area contributed by atoms with Crippen LogP contribution in [0.5, 0.6) is 11.5 Å². The molecule has 7 nitrogen and oxygen atoms in total. The van der Waals surface area contributed by atoms with E-state index < -0.39 is 5.79 Å². The van der Waals surface area contributed by atoms with Crippen LogP contribution in [0.4, 0.5) is 4.79 Å². The lowest BCUT2D eigenvalue weighted by atomic mass is 10.0. The highest BCUT2D eigenvalue weighted by atomic mass is 16.7. The van der Waals surface area contributed by atoms with Crippen LogP contribution in [-0.2, 0) is 15.9 Å². The van der Waals surface area contributed by atoms with E-state index in [1.807, 2.05) is 23.1 Å². The summed E-state index contributed by atoms with van der Waals surface area (Å²) in [5.74, 6) is 1.06. The fourth-order valence-electron chi connectivity index (χ4n) is 3.75. The summed E-state index contributed by atoms with van der Waals surface area (Å²) in [7, 11) is 1.63. The van der Waals surface area contributed by atoms with Crippen molar-refractivity contribution < 1.29 is 23.7 Å². The van der Waals surface area contributed by atoms with Gasteiger partial charge in [-0.3, -0.25) is 0 Å². The number of hydrogen-bond donors (Lipinski definition) is 1. The number of nitrogens with one attached hydrogen (secondary N) is 1. The number of carbonyl (C=O) groups is 1. The summed E-state index contributed by atoms with van der Waals surface area (Å²) in [5.41, 5.74) is 1.06. The van der Waals surface area contributed by atoms with E-state index in [-0.39, 0.29) is 12.1 Å². The minimum atomic E-state index is -0.458. The Morgan fingerprint density at radius 3 is 2.76 bits per heavy atom. The lowest BCUT2D eigenvalue weighted by molar-refractivity contribution is -0.181. The van der Waals surface area contributed by atoms with Gasteiger partial charge in [-0.2, -0.15) is 0 Å². The maximum atomic E-state index is 12.6. The molecular formula is C18H24N2O5. The number of piperidine rings is 1. The third kappa shape index (κ3) is 3.26. The number of likely N-dealkylation sites (tertiary alicyclic amines) is 1. The van der Waals surface area contributed by atoms with E-state index in [0.29, 0.717) is 32.9 Å². The van der Waals surface area contributed by atoms with Gasteiger partial charge in [-0.05, 0) is 12.5 Å². The SMILES string of the molecule is COc1cccc2c1OC[C@@H](NC(=O)N1CCC3(CC1)OCCO3)C2. The van der Waals surface area contributed by atoms with Gasteiger partial charge in [-0.15, -0.1) is 0 Å². The van der Waals surface area contributed by atoms with E-state index in [4.69, 9.17) is 18.9 Å². The first-order chi connectivity index (χ1) is 12.2. The van der Waals surface area contributed by atoms with E-state index in [9.17, 15) is 4.79 Å². The van der Waals surface area contributed by atoms with Gasteiger partial charge in [0, 0.05) is 31.5 Å². The molecule has 1 atom stereocenters. The first-order valence-corrected chi connectivity index (χ1v) is 8.81. The summed E-state index contributed by atoms with van der Waals surface area (Å²) in [6.45, 7) is 3.03. The molecule has 0 aromatic heterocycles. The Balaban J connectivity index is 1.33. The van der Waals surface area contributed by atoms with Crippen LogP contribution in [0.2, 0.25) is 0 Å². The van der Waals surface area contributed by atoms with Crippen LogP contribution in [0.3, 0.4) is 0 Å². The Bertz CT molecular complexity index is 634. The number of benzene rings is 1. The summed E-state index contributed by atoms with van der Waals surface area (Å²) >= 11 is 0. The van der Waals surface area contributed by atoms with E-state index in [0.717, 1.165) is 36.3 Å². The van der Waals surface area contributed by atoms with Gasteiger partial charge >= 0.3 is 6.03 Å².